The number of anilines is 1. The molecule has 2 N–H and O–H groups in total. The smallest absolute Gasteiger partial charge is 0.399 e. The van der Waals surface area contributed by atoms with Gasteiger partial charge in [-0.05, 0) is 17.7 Å². The quantitative estimate of drug-likeness (QED) is 0.854. The average Bonchev–Trinajstić information content (AvgIpc) is 2.34. The molecule has 0 spiro atoms. The van der Waals surface area contributed by atoms with Crippen LogP contribution in [0.25, 0.3) is 0 Å². The van der Waals surface area contributed by atoms with Crippen LogP contribution in [-0.2, 0) is 4.79 Å². The Morgan fingerprint density at radius 2 is 1.86 bits per heavy atom. The largest absolute Gasteiger partial charge is 0.408 e. The van der Waals surface area contributed by atoms with E-state index in [1.54, 1.807) is 38.1 Å². The molecule has 21 heavy (non-hydrogen) atoms. The van der Waals surface area contributed by atoms with Crippen molar-refractivity contribution in [2.45, 2.75) is 26.4 Å². The number of benzene rings is 1. The molecule has 0 saturated carbocycles. The fourth-order valence-corrected chi connectivity index (χ4v) is 2.18. The highest BCUT2D eigenvalue weighted by Gasteiger charge is 2.42. The summed E-state index contributed by atoms with van der Waals surface area (Å²) in [6.45, 7) is 1.85. The number of carbonyl (C=O) groups is 1. The van der Waals surface area contributed by atoms with Crippen molar-refractivity contribution in [1.29, 1.82) is 0 Å². The van der Waals surface area contributed by atoms with Crippen LogP contribution in [0.1, 0.15) is 25.8 Å². The molecule has 0 unspecified atom stereocenters. The van der Waals surface area contributed by atoms with Gasteiger partial charge < -0.3 is 5.73 Å². The molecule has 0 aliphatic carbocycles. The van der Waals surface area contributed by atoms with Gasteiger partial charge in [-0.15, -0.1) is 0 Å². The Hall–Kier alpha value is -2.05. The lowest BCUT2D eigenvalue weighted by molar-refractivity contribution is -0.167. The molecule has 7 heteroatoms. The lowest BCUT2D eigenvalue weighted by atomic mass is 9.83. The van der Waals surface area contributed by atoms with Crippen LogP contribution >= 0.6 is 0 Å². The number of alkyl halides is 3. The Morgan fingerprint density at radius 1 is 1.29 bits per heavy atom. The highest BCUT2D eigenvalue weighted by Crippen LogP contribution is 2.32. The third-order valence-electron chi connectivity index (χ3n) is 3.24. The number of amides is 1. The SMILES string of the molecule is CC1(C)CC(c2ccc(N)cc2)=NN(CC(F)(F)F)C1=O. The predicted molar refractivity (Wildman–Crippen MR) is 73.6 cm³/mol. The zero-order valence-corrected chi connectivity index (χ0v) is 11.7. The van der Waals surface area contributed by atoms with Crippen LogP contribution in [-0.4, -0.2) is 29.3 Å². The number of rotatable bonds is 2. The number of nitrogens with zero attached hydrogens (tertiary/aromatic N) is 2. The lowest BCUT2D eigenvalue weighted by Gasteiger charge is -2.34. The highest BCUT2D eigenvalue weighted by molar-refractivity contribution is 6.05. The van der Waals surface area contributed by atoms with Gasteiger partial charge in [0.2, 0.25) is 5.91 Å². The van der Waals surface area contributed by atoms with Crippen molar-refractivity contribution in [3.8, 4) is 0 Å². The molecule has 0 fully saturated rings. The van der Waals surface area contributed by atoms with Gasteiger partial charge in [0.05, 0.1) is 11.1 Å². The van der Waals surface area contributed by atoms with Crippen LogP contribution in [0, 0.1) is 5.41 Å². The molecule has 0 aromatic heterocycles. The summed E-state index contributed by atoms with van der Waals surface area (Å²) < 4.78 is 37.7. The van der Waals surface area contributed by atoms with E-state index in [0.29, 0.717) is 22.0 Å². The van der Waals surface area contributed by atoms with Crippen LogP contribution in [0.3, 0.4) is 0 Å². The molecule has 1 aromatic rings. The molecule has 1 aromatic carbocycles. The Bertz CT molecular complexity index is 576. The minimum Gasteiger partial charge on any atom is -0.399 e. The number of hydrogen-bond donors (Lipinski definition) is 1. The maximum Gasteiger partial charge on any atom is 0.408 e. The van der Waals surface area contributed by atoms with Crippen molar-refractivity contribution >= 4 is 17.3 Å². The molecular weight excluding hydrogens is 283 g/mol. The molecule has 2 rings (SSSR count). The molecule has 0 radical (unpaired) electrons. The number of nitrogens with two attached hydrogens (primary N) is 1. The van der Waals surface area contributed by atoms with Crippen LogP contribution < -0.4 is 5.73 Å². The Kier molecular flexibility index (Phi) is 3.69. The first-order chi connectivity index (χ1) is 9.58. The lowest BCUT2D eigenvalue weighted by Crippen LogP contribution is -2.47. The van der Waals surface area contributed by atoms with Crippen LogP contribution in [0.5, 0.6) is 0 Å². The maximum absolute atomic E-state index is 12.6. The number of nitrogen functional groups attached to an aromatic ring is 1. The van der Waals surface area contributed by atoms with Crippen molar-refractivity contribution in [2.75, 3.05) is 12.3 Å². The molecule has 1 amide bonds. The van der Waals surface area contributed by atoms with Crippen molar-refractivity contribution < 1.29 is 18.0 Å². The summed E-state index contributed by atoms with van der Waals surface area (Å²) in [5, 5.41) is 4.39. The van der Waals surface area contributed by atoms with Gasteiger partial charge in [0.25, 0.3) is 0 Å². The molecule has 0 atom stereocenters. The highest BCUT2D eigenvalue weighted by atomic mass is 19.4. The Balaban J connectivity index is 2.38. The first-order valence-corrected chi connectivity index (χ1v) is 6.41. The molecule has 4 nitrogen and oxygen atoms in total. The monoisotopic (exact) mass is 299 g/mol. The van der Waals surface area contributed by atoms with Crippen LogP contribution in [0.4, 0.5) is 18.9 Å². The summed E-state index contributed by atoms with van der Waals surface area (Å²) in [7, 11) is 0. The van der Waals surface area contributed by atoms with E-state index in [1.165, 1.54) is 0 Å². The van der Waals surface area contributed by atoms with Crippen molar-refractivity contribution in [2.24, 2.45) is 10.5 Å². The van der Waals surface area contributed by atoms with Crippen molar-refractivity contribution in [1.82, 2.24) is 5.01 Å². The van der Waals surface area contributed by atoms with Gasteiger partial charge >= 0.3 is 6.18 Å². The summed E-state index contributed by atoms with van der Waals surface area (Å²) in [5.74, 6) is -0.626. The molecule has 0 saturated heterocycles. The summed E-state index contributed by atoms with van der Waals surface area (Å²) in [5.41, 5.74) is 6.33. The zero-order chi connectivity index (χ0) is 15.8. The van der Waals surface area contributed by atoms with E-state index in [1.807, 2.05) is 0 Å². The van der Waals surface area contributed by atoms with Gasteiger partial charge in [-0.2, -0.15) is 18.3 Å². The molecule has 1 aliphatic rings. The molecule has 0 bridgehead atoms. The van der Waals surface area contributed by atoms with Crippen LogP contribution in [0.15, 0.2) is 29.4 Å². The second kappa shape index (κ2) is 5.05. The third kappa shape index (κ3) is 3.53. The second-order valence-corrected chi connectivity index (χ2v) is 5.71. The number of carbonyl (C=O) groups excluding carboxylic acids is 1. The second-order valence-electron chi connectivity index (χ2n) is 5.71. The normalized spacial score (nSPS) is 18.6. The standard InChI is InChI=1S/C14H16F3N3O/c1-13(2)7-11(9-3-5-10(18)6-4-9)19-20(12(13)21)8-14(15,16)17/h3-6H,7-8,18H2,1-2H3. The van der Waals surface area contributed by atoms with Crippen molar-refractivity contribution in [3.05, 3.63) is 29.8 Å². The van der Waals surface area contributed by atoms with E-state index in [2.05, 4.69) is 5.10 Å². The van der Waals surface area contributed by atoms with E-state index in [-0.39, 0.29) is 6.42 Å². The molecule has 114 valence electrons. The topological polar surface area (TPSA) is 58.7 Å². The van der Waals surface area contributed by atoms with E-state index in [0.717, 1.165) is 0 Å². The first-order valence-electron chi connectivity index (χ1n) is 6.41. The maximum atomic E-state index is 12.6. The van der Waals surface area contributed by atoms with Gasteiger partial charge in [-0.3, -0.25) is 4.79 Å². The summed E-state index contributed by atoms with van der Waals surface area (Å²) in [6.07, 6.45) is -4.21. The molecular formula is C14H16F3N3O. The van der Waals surface area contributed by atoms with Gasteiger partial charge in [-0.25, -0.2) is 5.01 Å². The first kappa shape index (κ1) is 15.3. The number of hydrogen-bond acceptors (Lipinski definition) is 3. The van der Waals surface area contributed by atoms with E-state index >= 15 is 0 Å². The number of hydrazone groups is 1. The van der Waals surface area contributed by atoms with Gasteiger partial charge in [0.1, 0.15) is 6.54 Å². The molecule has 1 heterocycles. The summed E-state index contributed by atoms with van der Waals surface area (Å²) >= 11 is 0. The number of halogens is 3. The minimum absolute atomic E-state index is 0.282. The van der Waals surface area contributed by atoms with E-state index in [4.69, 9.17) is 5.73 Å². The summed E-state index contributed by atoms with van der Waals surface area (Å²) in [4.78, 5) is 12.1. The van der Waals surface area contributed by atoms with E-state index in [9.17, 15) is 18.0 Å². The predicted octanol–water partition coefficient (Wildman–Crippen LogP) is 2.79. The van der Waals surface area contributed by atoms with Gasteiger partial charge in [0.15, 0.2) is 0 Å². The fraction of sp³-hybridized carbons (Fsp3) is 0.429. The fourth-order valence-electron chi connectivity index (χ4n) is 2.18. The summed E-state index contributed by atoms with van der Waals surface area (Å²) in [6, 6.07) is 6.67. The van der Waals surface area contributed by atoms with E-state index < -0.39 is 24.0 Å². The van der Waals surface area contributed by atoms with Gasteiger partial charge in [0, 0.05) is 12.1 Å². The Morgan fingerprint density at radius 3 is 2.38 bits per heavy atom. The van der Waals surface area contributed by atoms with Gasteiger partial charge in [-0.1, -0.05) is 26.0 Å². The average molecular weight is 299 g/mol. The van der Waals surface area contributed by atoms with Crippen molar-refractivity contribution in [3.63, 3.8) is 0 Å². The minimum atomic E-state index is -4.49. The third-order valence-corrected chi connectivity index (χ3v) is 3.24. The zero-order valence-electron chi connectivity index (χ0n) is 11.7. The Labute approximate surface area is 120 Å². The molecule has 1 aliphatic heterocycles. The van der Waals surface area contributed by atoms with Crippen LogP contribution in [0.2, 0.25) is 0 Å².